The van der Waals surface area contributed by atoms with Crippen molar-refractivity contribution in [3.63, 3.8) is 0 Å². The first-order chi connectivity index (χ1) is 9.24. The highest BCUT2D eigenvalue weighted by Gasteiger charge is 2.54. The van der Waals surface area contributed by atoms with Gasteiger partial charge < -0.3 is 4.90 Å². The van der Waals surface area contributed by atoms with Gasteiger partial charge in [0.1, 0.15) is 0 Å². The highest BCUT2D eigenvalue weighted by atomic mass is 15.4. The third-order valence-electron chi connectivity index (χ3n) is 4.70. The van der Waals surface area contributed by atoms with Crippen LogP contribution in [-0.4, -0.2) is 31.2 Å². The van der Waals surface area contributed by atoms with Crippen LogP contribution in [0, 0.1) is 0 Å². The summed E-state index contributed by atoms with van der Waals surface area (Å²) in [7, 11) is 2.23. The number of likely N-dealkylation sites (N-methyl/N-ethyl adjacent to an activating group) is 1. The fourth-order valence-corrected chi connectivity index (χ4v) is 4.05. The molecule has 0 aromatic heterocycles. The smallest absolute Gasteiger partial charge is 0.0923 e. The molecule has 19 heavy (non-hydrogen) atoms. The molecular weight excluding hydrogens is 232 g/mol. The van der Waals surface area contributed by atoms with Gasteiger partial charge in [0, 0.05) is 24.2 Å². The lowest BCUT2D eigenvalue weighted by molar-refractivity contribution is 0.254. The predicted molar refractivity (Wildman–Crippen MR) is 81.5 cm³/mol. The van der Waals surface area contributed by atoms with Gasteiger partial charge in [0.25, 0.3) is 0 Å². The van der Waals surface area contributed by atoms with Crippen molar-refractivity contribution < 1.29 is 0 Å². The first-order valence-electron chi connectivity index (χ1n) is 7.03. The Morgan fingerprint density at radius 2 is 2.11 bits per heavy atom. The van der Waals surface area contributed by atoms with E-state index in [0.29, 0.717) is 6.17 Å². The molecule has 2 heterocycles. The van der Waals surface area contributed by atoms with Gasteiger partial charge in [-0.3, -0.25) is 4.90 Å². The first kappa shape index (κ1) is 12.5. The average Bonchev–Trinajstić information content (AvgIpc) is 2.87. The largest absolute Gasteiger partial charge is 0.351 e. The minimum absolute atomic E-state index is 0.218. The summed E-state index contributed by atoms with van der Waals surface area (Å²) in [6.07, 6.45) is 6.80. The Bertz CT molecular complexity index is 508. The molecule has 2 aliphatic heterocycles. The van der Waals surface area contributed by atoms with Crippen molar-refractivity contribution in [1.82, 2.24) is 4.90 Å². The molecule has 0 amide bonds. The van der Waals surface area contributed by atoms with Crippen molar-refractivity contribution in [2.75, 3.05) is 25.0 Å². The number of nitrogens with zero attached hydrogens (tertiary/aromatic N) is 2. The fourth-order valence-electron chi connectivity index (χ4n) is 4.05. The van der Waals surface area contributed by atoms with E-state index < -0.39 is 0 Å². The second-order valence-electron chi connectivity index (χ2n) is 5.71. The summed E-state index contributed by atoms with van der Waals surface area (Å²) in [6.45, 7) is 9.98. The molecule has 0 spiro atoms. The topological polar surface area (TPSA) is 6.48 Å². The van der Waals surface area contributed by atoms with Crippen molar-refractivity contribution >= 4 is 5.69 Å². The minimum atomic E-state index is 0.218. The van der Waals surface area contributed by atoms with Gasteiger partial charge in [-0.2, -0.15) is 0 Å². The number of allylic oxidation sites excluding steroid dienone is 1. The molecule has 2 atom stereocenters. The van der Waals surface area contributed by atoms with Gasteiger partial charge in [-0.1, -0.05) is 30.4 Å². The maximum Gasteiger partial charge on any atom is 0.0923 e. The second kappa shape index (κ2) is 4.53. The number of anilines is 1. The van der Waals surface area contributed by atoms with E-state index in [0.717, 1.165) is 19.5 Å². The van der Waals surface area contributed by atoms with Gasteiger partial charge in [-0.25, -0.2) is 0 Å². The Morgan fingerprint density at radius 3 is 2.84 bits per heavy atom. The van der Waals surface area contributed by atoms with Crippen LogP contribution >= 0.6 is 0 Å². The first-order valence-corrected chi connectivity index (χ1v) is 7.03. The molecule has 1 aromatic carbocycles. The van der Waals surface area contributed by atoms with Gasteiger partial charge in [-0.15, -0.1) is 13.2 Å². The number of rotatable bonds is 4. The van der Waals surface area contributed by atoms with Crippen LogP contribution in [-0.2, 0) is 5.41 Å². The van der Waals surface area contributed by atoms with E-state index in [1.54, 1.807) is 0 Å². The molecule has 1 aromatic rings. The summed E-state index contributed by atoms with van der Waals surface area (Å²) in [6, 6.07) is 8.85. The van der Waals surface area contributed by atoms with Crippen LogP contribution in [0.3, 0.4) is 0 Å². The van der Waals surface area contributed by atoms with Crippen LogP contribution in [0.1, 0.15) is 18.4 Å². The lowest BCUT2D eigenvalue weighted by atomic mass is 9.76. The van der Waals surface area contributed by atoms with Gasteiger partial charge in [-0.05, 0) is 31.5 Å². The van der Waals surface area contributed by atoms with Crippen molar-refractivity contribution in [3.8, 4) is 0 Å². The van der Waals surface area contributed by atoms with Crippen molar-refractivity contribution in [3.05, 3.63) is 55.1 Å². The SMILES string of the molecule is C=CCN1c2ccccc2[C@]2(CC=C)CCN(C)[C@H]12. The molecular formula is C17H22N2. The van der Waals surface area contributed by atoms with Crippen LogP contribution in [0.15, 0.2) is 49.6 Å². The highest BCUT2D eigenvalue weighted by Crippen LogP contribution is 2.53. The third kappa shape index (κ3) is 1.59. The lowest BCUT2D eigenvalue weighted by Gasteiger charge is -2.36. The molecule has 0 aliphatic carbocycles. The van der Waals surface area contributed by atoms with E-state index in [9.17, 15) is 0 Å². The van der Waals surface area contributed by atoms with E-state index in [4.69, 9.17) is 0 Å². The number of benzene rings is 1. The number of hydrogen-bond donors (Lipinski definition) is 0. The zero-order valence-corrected chi connectivity index (χ0v) is 11.7. The van der Waals surface area contributed by atoms with E-state index in [-0.39, 0.29) is 5.41 Å². The Hall–Kier alpha value is -1.54. The van der Waals surface area contributed by atoms with Crippen molar-refractivity contribution in [2.45, 2.75) is 24.4 Å². The monoisotopic (exact) mass is 254 g/mol. The van der Waals surface area contributed by atoms with E-state index in [2.05, 4.69) is 60.3 Å². The quantitative estimate of drug-likeness (QED) is 0.762. The molecule has 100 valence electrons. The summed E-state index contributed by atoms with van der Waals surface area (Å²) >= 11 is 0. The zero-order valence-electron chi connectivity index (χ0n) is 11.7. The molecule has 3 rings (SSSR count). The van der Waals surface area contributed by atoms with Gasteiger partial charge >= 0.3 is 0 Å². The summed E-state index contributed by atoms with van der Waals surface area (Å²) in [4.78, 5) is 4.98. The van der Waals surface area contributed by atoms with Crippen LogP contribution in [0.2, 0.25) is 0 Å². The standard InChI is InChI=1S/C17H22N2/c1-4-10-17-11-13-18(3)16(17)19(12-5-2)15-9-7-6-8-14(15)17/h4-9,16H,1-2,10-13H2,3H3/t16-,17+/m1/s1. The van der Waals surface area contributed by atoms with Crippen molar-refractivity contribution in [1.29, 1.82) is 0 Å². The number of likely N-dealkylation sites (tertiary alicyclic amines) is 1. The molecule has 0 N–H and O–H groups in total. The molecule has 1 saturated heterocycles. The van der Waals surface area contributed by atoms with Gasteiger partial charge in [0.15, 0.2) is 0 Å². The molecule has 0 saturated carbocycles. The molecule has 0 radical (unpaired) electrons. The molecule has 2 aliphatic rings. The van der Waals surface area contributed by atoms with E-state index >= 15 is 0 Å². The summed E-state index contributed by atoms with van der Waals surface area (Å²) in [5, 5.41) is 0. The molecule has 0 unspecified atom stereocenters. The van der Waals surface area contributed by atoms with E-state index in [1.165, 1.54) is 17.7 Å². The van der Waals surface area contributed by atoms with Crippen molar-refractivity contribution in [2.24, 2.45) is 0 Å². The molecule has 2 nitrogen and oxygen atoms in total. The average molecular weight is 254 g/mol. The highest BCUT2D eigenvalue weighted by molar-refractivity contribution is 5.65. The lowest BCUT2D eigenvalue weighted by Crippen LogP contribution is -2.48. The number of fused-ring (bicyclic) bond motifs is 3. The molecule has 2 heteroatoms. The molecule has 0 bridgehead atoms. The Balaban J connectivity index is 2.16. The Morgan fingerprint density at radius 1 is 1.32 bits per heavy atom. The zero-order chi connectivity index (χ0) is 13.5. The summed E-state index contributed by atoms with van der Waals surface area (Å²) in [5.74, 6) is 0. The number of hydrogen-bond acceptors (Lipinski definition) is 2. The normalized spacial score (nSPS) is 29.1. The van der Waals surface area contributed by atoms with Gasteiger partial charge in [0.05, 0.1) is 6.17 Å². The van der Waals surface area contributed by atoms with Gasteiger partial charge in [0.2, 0.25) is 0 Å². The Kier molecular flexibility index (Phi) is 2.98. The maximum absolute atomic E-state index is 3.99. The predicted octanol–water partition coefficient (Wildman–Crippen LogP) is 3.17. The molecule has 1 fully saturated rings. The fraction of sp³-hybridized carbons (Fsp3) is 0.412. The van der Waals surface area contributed by atoms with Crippen LogP contribution < -0.4 is 4.90 Å². The third-order valence-corrected chi connectivity index (χ3v) is 4.70. The van der Waals surface area contributed by atoms with E-state index in [1.807, 2.05) is 6.08 Å². The van der Waals surface area contributed by atoms with Crippen LogP contribution in [0.5, 0.6) is 0 Å². The summed E-state index contributed by atoms with van der Waals surface area (Å²) in [5.41, 5.74) is 3.09. The minimum Gasteiger partial charge on any atom is -0.351 e. The Labute approximate surface area is 116 Å². The van der Waals surface area contributed by atoms with Crippen LogP contribution in [0.4, 0.5) is 5.69 Å². The second-order valence-corrected chi connectivity index (χ2v) is 5.71. The number of para-hydroxylation sites is 1. The maximum atomic E-state index is 3.99. The summed E-state index contributed by atoms with van der Waals surface area (Å²) < 4.78 is 0. The van der Waals surface area contributed by atoms with Crippen LogP contribution in [0.25, 0.3) is 0 Å².